The minimum Gasteiger partial charge on any atom is -0.374 e. The van der Waals surface area contributed by atoms with Crippen molar-refractivity contribution in [1.29, 1.82) is 0 Å². The number of nitrogens with two attached hydrogens (primary N) is 1. The average Bonchev–Trinajstić information content (AvgIpc) is 2.33. The highest BCUT2D eigenvalue weighted by molar-refractivity contribution is 8.03. The molecule has 0 saturated heterocycles. The summed E-state index contributed by atoms with van der Waals surface area (Å²) in [6, 6.07) is 0. The number of aromatic nitrogens is 2. The van der Waals surface area contributed by atoms with Crippen LogP contribution in [0.2, 0.25) is 0 Å². The molecule has 13 heavy (non-hydrogen) atoms. The van der Waals surface area contributed by atoms with Gasteiger partial charge in [0.25, 0.3) is 0 Å². The first-order chi connectivity index (χ1) is 5.97. The molecule has 0 spiro atoms. The van der Waals surface area contributed by atoms with Crippen LogP contribution < -0.4 is 5.73 Å². The van der Waals surface area contributed by atoms with Gasteiger partial charge in [0.1, 0.15) is 0 Å². The van der Waals surface area contributed by atoms with Crippen LogP contribution in [-0.2, 0) is 0 Å². The fourth-order valence-corrected chi connectivity index (χ4v) is 1.45. The summed E-state index contributed by atoms with van der Waals surface area (Å²) in [7, 11) is 0. The van der Waals surface area contributed by atoms with Crippen LogP contribution in [0.15, 0.2) is 5.16 Å². The number of nitrogens with zero attached hydrogens (tertiary/aromatic N) is 2. The molecule has 0 radical (unpaired) electrons. The van der Waals surface area contributed by atoms with Crippen molar-refractivity contribution < 1.29 is 13.2 Å². The first-order valence-electron chi connectivity index (χ1n) is 2.82. The zero-order chi connectivity index (χ0) is 9.90. The third kappa shape index (κ3) is 4.00. The Hall–Kier alpha value is -0.940. The number of nitrogen functional groups attached to an aromatic ring is 1. The van der Waals surface area contributed by atoms with E-state index in [0.29, 0.717) is 11.8 Å². The lowest BCUT2D eigenvalue weighted by molar-refractivity contribution is -0.0695. The zero-order valence-electron chi connectivity index (χ0n) is 5.92. The number of thioether (sulfide) groups is 1. The van der Waals surface area contributed by atoms with Crippen molar-refractivity contribution in [2.75, 3.05) is 5.73 Å². The van der Waals surface area contributed by atoms with Gasteiger partial charge < -0.3 is 5.73 Å². The summed E-state index contributed by atoms with van der Waals surface area (Å²) >= 11 is 1.50. The molecule has 0 amide bonds. The van der Waals surface area contributed by atoms with Gasteiger partial charge >= 0.3 is 6.18 Å². The van der Waals surface area contributed by atoms with E-state index in [1.807, 2.05) is 5.25 Å². The smallest absolute Gasteiger partial charge is 0.374 e. The van der Waals surface area contributed by atoms with Gasteiger partial charge in [0.05, 0.1) is 0 Å². The van der Waals surface area contributed by atoms with E-state index < -0.39 is 6.18 Å². The maximum atomic E-state index is 11.5. The van der Waals surface area contributed by atoms with E-state index in [0.717, 1.165) is 17.5 Å². The number of hydrogen-bond donors (Lipinski definition) is 1. The van der Waals surface area contributed by atoms with E-state index in [1.165, 1.54) is 0 Å². The second-order valence-electron chi connectivity index (χ2n) is 1.74. The van der Waals surface area contributed by atoms with Gasteiger partial charge in [0.2, 0.25) is 10.3 Å². The molecule has 0 aromatic carbocycles. The first-order valence-corrected chi connectivity index (χ1v) is 4.41. The predicted molar refractivity (Wildman–Crippen MR) is 44.0 cm³/mol. The lowest BCUT2D eigenvalue weighted by atomic mass is 10.7. The molecular formula is C5H2F3N3S2. The lowest BCUT2D eigenvalue weighted by Crippen LogP contribution is -2.00. The van der Waals surface area contributed by atoms with Crippen LogP contribution >= 0.6 is 23.3 Å². The Labute approximate surface area is 79.7 Å². The third-order valence-corrected chi connectivity index (χ3v) is 1.99. The van der Waals surface area contributed by atoms with Gasteiger partial charge in [-0.1, -0.05) is 0 Å². The van der Waals surface area contributed by atoms with Gasteiger partial charge in [0.15, 0.2) is 0 Å². The van der Waals surface area contributed by atoms with Crippen LogP contribution in [0.1, 0.15) is 0 Å². The molecule has 0 aliphatic heterocycles. The van der Waals surface area contributed by atoms with Gasteiger partial charge in [-0.3, -0.25) is 0 Å². The Morgan fingerprint density at radius 2 is 2.15 bits per heavy atom. The van der Waals surface area contributed by atoms with Crippen molar-refractivity contribution in [3.05, 3.63) is 0 Å². The van der Waals surface area contributed by atoms with Crippen molar-refractivity contribution in [3.63, 3.8) is 0 Å². The zero-order valence-corrected chi connectivity index (χ0v) is 7.56. The first kappa shape index (κ1) is 10.1. The SMILES string of the molecule is Nc1nc(SC#CC(F)(F)F)ns1. The number of alkyl halides is 3. The standard InChI is InChI=1S/C5H2F3N3S2/c6-5(7,8)1-2-12-4-10-3(9)13-11-4/h(H2,9,10,11). The summed E-state index contributed by atoms with van der Waals surface area (Å²) in [5.74, 6) is 1.08. The van der Waals surface area contributed by atoms with Crippen molar-refractivity contribution in [1.82, 2.24) is 9.36 Å². The Balaban J connectivity index is 2.55. The molecule has 8 heteroatoms. The Bertz CT molecular complexity index is 348. The molecule has 1 heterocycles. The second kappa shape index (κ2) is 3.85. The molecule has 0 atom stereocenters. The number of anilines is 1. The van der Waals surface area contributed by atoms with Crippen LogP contribution in [-0.4, -0.2) is 15.5 Å². The van der Waals surface area contributed by atoms with E-state index >= 15 is 0 Å². The van der Waals surface area contributed by atoms with E-state index in [9.17, 15) is 13.2 Å². The van der Waals surface area contributed by atoms with Gasteiger partial charge in [0, 0.05) is 29.2 Å². The molecule has 0 fully saturated rings. The summed E-state index contributed by atoms with van der Waals surface area (Å²) in [5.41, 5.74) is 5.20. The lowest BCUT2D eigenvalue weighted by Gasteiger charge is -1.90. The Morgan fingerprint density at radius 1 is 1.46 bits per heavy atom. The molecule has 1 aromatic heterocycles. The van der Waals surface area contributed by atoms with E-state index in [-0.39, 0.29) is 10.3 Å². The Kier molecular flexibility index (Phi) is 3.00. The summed E-state index contributed by atoms with van der Waals surface area (Å²) in [5, 5.41) is 2.17. The summed E-state index contributed by atoms with van der Waals surface area (Å²) in [4.78, 5) is 3.61. The predicted octanol–water partition coefficient (Wildman–Crippen LogP) is 1.74. The fourth-order valence-electron chi connectivity index (χ4n) is 0.391. The highest BCUT2D eigenvalue weighted by atomic mass is 32.2. The van der Waals surface area contributed by atoms with Crippen LogP contribution in [0, 0.1) is 11.2 Å². The number of rotatable bonds is 1. The molecule has 1 aromatic rings. The van der Waals surface area contributed by atoms with E-state index in [2.05, 4.69) is 9.36 Å². The molecule has 0 saturated carbocycles. The van der Waals surface area contributed by atoms with Crippen molar-refractivity contribution in [3.8, 4) is 11.2 Å². The largest absolute Gasteiger partial charge is 0.458 e. The van der Waals surface area contributed by atoms with Gasteiger partial charge in [-0.25, -0.2) is 0 Å². The van der Waals surface area contributed by atoms with Crippen molar-refractivity contribution >= 4 is 28.4 Å². The molecule has 0 bridgehead atoms. The van der Waals surface area contributed by atoms with Gasteiger partial charge in [-0.15, -0.1) is 0 Å². The molecule has 70 valence electrons. The van der Waals surface area contributed by atoms with Crippen LogP contribution in [0.3, 0.4) is 0 Å². The summed E-state index contributed by atoms with van der Waals surface area (Å²) < 4.78 is 38.2. The van der Waals surface area contributed by atoms with Gasteiger partial charge in [-0.05, 0) is 5.25 Å². The average molecular weight is 225 g/mol. The minimum atomic E-state index is -4.48. The molecule has 0 aliphatic rings. The topological polar surface area (TPSA) is 51.8 Å². The molecule has 0 unspecified atom stereocenters. The Morgan fingerprint density at radius 3 is 2.62 bits per heavy atom. The highest BCUT2D eigenvalue weighted by Gasteiger charge is 2.23. The maximum absolute atomic E-state index is 11.5. The normalized spacial score (nSPS) is 10.7. The molecule has 1 rings (SSSR count). The number of hydrogen-bond acceptors (Lipinski definition) is 5. The number of halogens is 3. The van der Waals surface area contributed by atoms with E-state index in [4.69, 9.17) is 5.73 Å². The minimum absolute atomic E-state index is 0.138. The fraction of sp³-hybridized carbons (Fsp3) is 0.200. The molecule has 0 aliphatic carbocycles. The quantitative estimate of drug-likeness (QED) is 0.584. The van der Waals surface area contributed by atoms with Crippen molar-refractivity contribution in [2.24, 2.45) is 0 Å². The maximum Gasteiger partial charge on any atom is 0.458 e. The summed E-state index contributed by atoms with van der Waals surface area (Å²) in [6.45, 7) is 0. The molecule has 2 N–H and O–H groups in total. The van der Waals surface area contributed by atoms with Crippen LogP contribution in [0.5, 0.6) is 0 Å². The third-order valence-electron chi connectivity index (χ3n) is 0.758. The van der Waals surface area contributed by atoms with Crippen molar-refractivity contribution in [2.45, 2.75) is 11.3 Å². The molecular weight excluding hydrogens is 223 g/mol. The molecule has 3 nitrogen and oxygen atoms in total. The monoisotopic (exact) mass is 225 g/mol. The van der Waals surface area contributed by atoms with E-state index in [1.54, 1.807) is 0 Å². The van der Waals surface area contributed by atoms with Crippen LogP contribution in [0.25, 0.3) is 0 Å². The highest BCUT2D eigenvalue weighted by Crippen LogP contribution is 2.18. The van der Waals surface area contributed by atoms with Gasteiger partial charge in [-0.2, -0.15) is 22.5 Å². The second-order valence-corrected chi connectivity index (χ2v) is 3.30. The van der Waals surface area contributed by atoms with Crippen LogP contribution in [0.4, 0.5) is 18.3 Å². The summed E-state index contributed by atoms with van der Waals surface area (Å²) in [6.07, 6.45) is -4.48.